The van der Waals surface area contributed by atoms with Crippen molar-refractivity contribution in [2.24, 2.45) is 5.10 Å². The highest BCUT2D eigenvalue weighted by atomic mass is 19.1. The van der Waals surface area contributed by atoms with Crippen molar-refractivity contribution >= 4 is 34.5 Å². The minimum absolute atomic E-state index is 0.0703. The van der Waals surface area contributed by atoms with Crippen LogP contribution in [0.5, 0.6) is 23.0 Å². The highest BCUT2D eigenvalue weighted by Crippen LogP contribution is 2.38. The van der Waals surface area contributed by atoms with Gasteiger partial charge in [0.05, 0.1) is 35.9 Å². The quantitative estimate of drug-likeness (QED) is 0.0858. The number of hydrazone groups is 1. The van der Waals surface area contributed by atoms with Crippen molar-refractivity contribution in [2.75, 3.05) is 38.7 Å². The molecule has 1 aliphatic rings. The number of ether oxygens (including phenoxy) is 3. The molecule has 0 aliphatic carbocycles. The van der Waals surface area contributed by atoms with Gasteiger partial charge in [0.1, 0.15) is 5.75 Å². The van der Waals surface area contributed by atoms with E-state index >= 15 is 4.39 Å². The summed E-state index contributed by atoms with van der Waals surface area (Å²) in [6.07, 6.45) is 6.10. The van der Waals surface area contributed by atoms with E-state index in [4.69, 9.17) is 14.2 Å². The topological polar surface area (TPSA) is 140 Å². The first-order valence-electron chi connectivity index (χ1n) is 14.0. The predicted octanol–water partition coefficient (Wildman–Crippen LogP) is 6.10. The second-order valence-electron chi connectivity index (χ2n) is 9.97. The monoisotopic (exact) mass is 602 g/mol. The minimum Gasteiger partial charge on any atom is -0.493 e. The first-order valence-corrected chi connectivity index (χ1v) is 14.0. The Morgan fingerprint density at radius 3 is 2.68 bits per heavy atom. The van der Waals surface area contributed by atoms with Crippen LogP contribution in [0, 0.1) is 15.9 Å². The van der Waals surface area contributed by atoms with Gasteiger partial charge in [0.15, 0.2) is 23.1 Å². The molecule has 13 heteroatoms. The van der Waals surface area contributed by atoms with Crippen LogP contribution in [-0.2, 0) is 0 Å². The molecular formula is C31H31FN6O6. The number of amides is 2. The second-order valence-corrected chi connectivity index (χ2v) is 9.97. The van der Waals surface area contributed by atoms with E-state index in [1.54, 1.807) is 37.6 Å². The van der Waals surface area contributed by atoms with E-state index in [1.807, 2.05) is 0 Å². The third kappa shape index (κ3) is 7.55. The third-order valence-corrected chi connectivity index (χ3v) is 6.97. The number of urea groups is 1. The third-order valence-electron chi connectivity index (χ3n) is 6.97. The van der Waals surface area contributed by atoms with Crippen LogP contribution < -0.4 is 25.0 Å². The first kappa shape index (κ1) is 30.2. The summed E-state index contributed by atoms with van der Waals surface area (Å²) >= 11 is 0. The molecule has 1 aliphatic heterocycles. The first-order chi connectivity index (χ1) is 21.4. The number of para-hydroxylation sites is 1. The SMILES string of the molecule is COc1cc2c(Oc3ccc(NC(=O)N/N=C/c4ccccc4[N+](=O)[O-])cc3F)ccnc2cc1OCCCN1CCCC1. The zero-order valence-electron chi connectivity index (χ0n) is 24.0. The summed E-state index contributed by atoms with van der Waals surface area (Å²) in [7, 11) is 1.55. The van der Waals surface area contributed by atoms with Crippen molar-refractivity contribution in [3.63, 3.8) is 0 Å². The highest BCUT2D eigenvalue weighted by Gasteiger charge is 2.16. The Morgan fingerprint density at radius 1 is 1.09 bits per heavy atom. The number of fused-ring (bicyclic) bond motifs is 1. The molecular weight excluding hydrogens is 571 g/mol. The highest BCUT2D eigenvalue weighted by molar-refractivity contribution is 5.91. The number of nitrogens with zero attached hydrogens (tertiary/aromatic N) is 4. The van der Waals surface area contributed by atoms with Crippen LogP contribution in [0.2, 0.25) is 0 Å². The van der Waals surface area contributed by atoms with Crippen molar-refractivity contribution in [1.82, 2.24) is 15.3 Å². The predicted molar refractivity (Wildman–Crippen MR) is 163 cm³/mol. The fourth-order valence-corrected chi connectivity index (χ4v) is 4.83. The van der Waals surface area contributed by atoms with E-state index in [9.17, 15) is 14.9 Å². The number of carbonyl (C=O) groups excluding carboxylic acids is 1. The molecule has 4 aromatic rings. The Balaban J connectivity index is 1.22. The van der Waals surface area contributed by atoms with E-state index in [0.29, 0.717) is 34.8 Å². The molecule has 0 bridgehead atoms. The van der Waals surface area contributed by atoms with Gasteiger partial charge in [-0.1, -0.05) is 12.1 Å². The zero-order chi connectivity index (χ0) is 30.9. The molecule has 1 aromatic heterocycles. The van der Waals surface area contributed by atoms with Crippen molar-refractivity contribution in [3.8, 4) is 23.0 Å². The largest absolute Gasteiger partial charge is 0.493 e. The lowest BCUT2D eigenvalue weighted by atomic mass is 10.1. The van der Waals surface area contributed by atoms with Gasteiger partial charge in [0.2, 0.25) is 0 Å². The summed E-state index contributed by atoms with van der Waals surface area (Å²) in [6, 6.07) is 14.2. The smallest absolute Gasteiger partial charge is 0.339 e. The number of rotatable bonds is 12. The maximum absolute atomic E-state index is 15.0. The molecule has 3 aromatic carbocycles. The van der Waals surface area contributed by atoms with Crippen LogP contribution in [0.1, 0.15) is 24.8 Å². The van der Waals surface area contributed by atoms with Crippen molar-refractivity contribution < 1.29 is 28.3 Å². The van der Waals surface area contributed by atoms with Crippen LogP contribution in [-0.4, -0.2) is 60.4 Å². The van der Waals surface area contributed by atoms with E-state index in [1.165, 1.54) is 43.2 Å². The van der Waals surface area contributed by atoms with Crippen LogP contribution in [0.15, 0.2) is 72.0 Å². The summed E-state index contributed by atoms with van der Waals surface area (Å²) in [5, 5.41) is 17.9. The lowest BCUT2D eigenvalue weighted by Crippen LogP contribution is -2.24. The lowest BCUT2D eigenvalue weighted by Gasteiger charge is -2.16. The van der Waals surface area contributed by atoms with Crippen molar-refractivity contribution in [2.45, 2.75) is 19.3 Å². The van der Waals surface area contributed by atoms with Gasteiger partial charge in [-0.05, 0) is 62.7 Å². The average Bonchev–Trinajstić information content (AvgIpc) is 3.54. The van der Waals surface area contributed by atoms with Crippen LogP contribution >= 0.6 is 0 Å². The number of halogens is 1. The molecule has 12 nitrogen and oxygen atoms in total. The maximum atomic E-state index is 15.0. The van der Waals surface area contributed by atoms with Crippen molar-refractivity contribution in [1.29, 1.82) is 0 Å². The Kier molecular flexibility index (Phi) is 9.77. The number of nitro benzene ring substituents is 1. The van der Waals surface area contributed by atoms with E-state index in [-0.39, 0.29) is 22.7 Å². The molecule has 1 fully saturated rings. The number of benzene rings is 3. The van der Waals surface area contributed by atoms with E-state index in [2.05, 4.69) is 25.7 Å². The van der Waals surface area contributed by atoms with Crippen LogP contribution in [0.4, 0.5) is 20.6 Å². The Hall–Kier alpha value is -5.30. The molecule has 0 unspecified atom stereocenters. The number of anilines is 1. The number of hydrogen-bond donors (Lipinski definition) is 2. The molecule has 228 valence electrons. The van der Waals surface area contributed by atoms with Gasteiger partial charge in [-0.15, -0.1) is 0 Å². The molecule has 0 saturated carbocycles. The number of nitrogens with one attached hydrogen (secondary N) is 2. The second kappa shape index (κ2) is 14.2. The van der Waals surface area contributed by atoms with E-state index < -0.39 is 16.8 Å². The van der Waals surface area contributed by atoms with Gasteiger partial charge in [-0.2, -0.15) is 5.10 Å². The normalized spacial score (nSPS) is 13.2. The number of hydrogen-bond acceptors (Lipinski definition) is 9. The number of carbonyl (C=O) groups is 1. The Morgan fingerprint density at radius 2 is 1.91 bits per heavy atom. The molecule has 0 atom stereocenters. The molecule has 0 spiro atoms. The van der Waals surface area contributed by atoms with Crippen molar-refractivity contribution in [3.05, 3.63) is 88.4 Å². The van der Waals surface area contributed by atoms with Crippen LogP contribution in [0.3, 0.4) is 0 Å². The maximum Gasteiger partial charge on any atom is 0.339 e. The minimum atomic E-state index is -0.769. The summed E-state index contributed by atoms with van der Waals surface area (Å²) in [4.78, 5) is 29.6. The van der Waals surface area contributed by atoms with Gasteiger partial charge in [-0.25, -0.2) is 14.6 Å². The molecule has 2 heterocycles. The summed E-state index contributed by atoms with van der Waals surface area (Å²) < 4.78 is 32.5. The summed E-state index contributed by atoms with van der Waals surface area (Å²) in [6.45, 7) is 3.81. The number of nitro groups is 1. The van der Waals surface area contributed by atoms with Gasteiger partial charge in [0, 0.05) is 42.0 Å². The standard InChI is InChI=1S/C31H31FN6O6/c1-42-29-18-23-25(19-30(29)43-16-6-15-37-13-4-5-14-37)33-12-11-27(23)44-28-10-9-22(17-24(28)32)35-31(39)36-34-20-21-7-2-3-8-26(21)38(40)41/h2-3,7-12,17-20H,4-6,13-16H2,1H3,(H2,35,36,39)/b34-20+. The molecule has 1 saturated heterocycles. The number of likely N-dealkylation sites (tertiary alicyclic amines) is 1. The summed E-state index contributed by atoms with van der Waals surface area (Å²) in [5.74, 6) is 0.639. The lowest BCUT2D eigenvalue weighted by molar-refractivity contribution is -0.385. The Bertz CT molecular complexity index is 1680. The molecule has 2 amide bonds. The fraction of sp³-hybridized carbons (Fsp3) is 0.258. The van der Waals surface area contributed by atoms with Crippen LogP contribution in [0.25, 0.3) is 10.9 Å². The zero-order valence-corrected chi connectivity index (χ0v) is 24.0. The number of methoxy groups -OCH3 is 1. The van der Waals surface area contributed by atoms with Gasteiger partial charge < -0.3 is 24.4 Å². The fourth-order valence-electron chi connectivity index (χ4n) is 4.83. The van der Waals surface area contributed by atoms with Gasteiger partial charge in [-0.3, -0.25) is 15.1 Å². The average molecular weight is 603 g/mol. The molecule has 0 radical (unpaired) electrons. The summed E-state index contributed by atoms with van der Waals surface area (Å²) in [5.41, 5.74) is 2.98. The van der Waals surface area contributed by atoms with E-state index in [0.717, 1.165) is 38.3 Å². The number of aromatic nitrogens is 1. The molecule has 44 heavy (non-hydrogen) atoms. The number of pyridine rings is 1. The molecule has 5 rings (SSSR count). The van der Waals surface area contributed by atoms with Gasteiger partial charge >= 0.3 is 6.03 Å². The Labute approximate surface area is 252 Å². The molecule has 2 N–H and O–H groups in total. The van der Waals surface area contributed by atoms with Gasteiger partial charge in [0.25, 0.3) is 5.69 Å².